The van der Waals surface area contributed by atoms with Crippen molar-refractivity contribution in [1.82, 2.24) is 0 Å². The van der Waals surface area contributed by atoms with Gasteiger partial charge in [0.1, 0.15) is 0 Å². The highest BCUT2D eigenvalue weighted by Gasteiger charge is 2.31. The lowest BCUT2D eigenvalue weighted by Gasteiger charge is -2.34. The first-order valence-electron chi connectivity index (χ1n) is 6.60. The van der Waals surface area contributed by atoms with Crippen molar-refractivity contribution in [3.8, 4) is 0 Å². The van der Waals surface area contributed by atoms with Crippen LogP contribution in [0.4, 0.5) is 0 Å². The Balaban J connectivity index is 1.54. The van der Waals surface area contributed by atoms with Gasteiger partial charge in [-0.15, -0.1) is 0 Å². The molecule has 106 valence electrons. The normalized spacial score (nSPS) is 23.0. The number of hydrogen-bond acceptors (Lipinski definition) is 3. The molecule has 1 aromatic carbocycles. The molecule has 4 nitrogen and oxygen atoms in total. The van der Waals surface area contributed by atoms with E-state index in [1.54, 1.807) is 0 Å². The predicted octanol–water partition coefficient (Wildman–Crippen LogP) is 2.51. The van der Waals surface area contributed by atoms with Crippen molar-refractivity contribution in [3.05, 3.63) is 35.9 Å². The maximum atomic E-state index is 10.7. The molecule has 0 spiro atoms. The molecule has 1 aliphatic rings. The fourth-order valence-corrected chi connectivity index (χ4v) is 3.43. The van der Waals surface area contributed by atoms with E-state index in [0.717, 1.165) is 19.3 Å². The van der Waals surface area contributed by atoms with Crippen LogP contribution in [-0.4, -0.2) is 25.3 Å². The van der Waals surface area contributed by atoms with Gasteiger partial charge in [0.15, 0.2) is 0 Å². The second-order valence-corrected chi connectivity index (χ2v) is 6.78. The highest BCUT2D eigenvalue weighted by atomic mass is 32.2. The molecule has 1 saturated carbocycles. The molecule has 2 rings (SSSR count). The molecule has 0 heterocycles. The van der Waals surface area contributed by atoms with Crippen molar-refractivity contribution in [2.75, 3.05) is 12.4 Å². The number of rotatable bonds is 7. The van der Waals surface area contributed by atoms with E-state index in [4.69, 9.17) is 9.29 Å². The van der Waals surface area contributed by atoms with Gasteiger partial charge in [0, 0.05) is 6.61 Å². The summed E-state index contributed by atoms with van der Waals surface area (Å²) in [6, 6.07) is 10.0. The molecule has 5 heteroatoms. The monoisotopic (exact) mass is 284 g/mol. The van der Waals surface area contributed by atoms with Gasteiger partial charge in [-0.1, -0.05) is 30.3 Å². The molecule has 1 fully saturated rings. The van der Waals surface area contributed by atoms with Crippen LogP contribution in [0.5, 0.6) is 0 Å². The number of hydrogen-bond donors (Lipinski definition) is 1. The summed E-state index contributed by atoms with van der Waals surface area (Å²) >= 11 is 0. The Bertz CT molecular complexity index is 477. The van der Waals surface area contributed by atoms with Crippen LogP contribution in [0.3, 0.4) is 0 Å². The molecule has 1 aliphatic carbocycles. The van der Waals surface area contributed by atoms with Gasteiger partial charge in [-0.25, -0.2) is 0 Å². The van der Waals surface area contributed by atoms with Gasteiger partial charge in [0.25, 0.3) is 10.1 Å². The van der Waals surface area contributed by atoms with E-state index in [-0.39, 0.29) is 11.7 Å². The summed E-state index contributed by atoms with van der Waals surface area (Å²) in [5, 5.41) is 0. The minimum Gasteiger partial charge on any atom is -0.377 e. The first kappa shape index (κ1) is 14.5. The maximum absolute atomic E-state index is 10.7. The molecule has 1 N–H and O–H groups in total. The molecule has 0 aromatic heterocycles. The predicted molar refractivity (Wildman–Crippen MR) is 73.3 cm³/mol. The van der Waals surface area contributed by atoms with Crippen LogP contribution < -0.4 is 0 Å². The Morgan fingerprint density at radius 3 is 2.47 bits per heavy atom. The van der Waals surface area contributed by atoms with Gasteiger partial charge in [-0.05, 0) is 36.7 Å². The van der Waals surface area contributed by atoms with Crippen LogP contribution in [0.2, 0.25) is 0 Å². The molecule has 0 amide bonds. The fraction of sp³-hybridized carbons (Fsp3) is 0.571. The van der Waals surface area contributed by atoms with Crippen molar-refractivity contribution >= 4 is 10.1 Å². The second-order valence-electron chi connectivity index (χ2n) is 5.28. The van der Waals surface area contributed by atoms with Crippen LogP contribution in [0.25, 0.3) is 0 Å². The molecule has 0 saturated heterocycles. The summed E-state index contributed by atoms with van der Waals surface area (Å²) < 4.78 is 35.7. The Labute approximate surface area is 114 Å². The molecule has 0 atom stereocenters. The van der Waals surface area contributed by atoms with Crippen LogP contribution in [-0.2, 0) is 21.5 Å². The smallest absolute Gasteiger partial charge is 0.265 e. The first-order chi connectivity index (χ1) is 9.03. The third-order valence-corrected chi connectivity index (χ3v) is 4.45. The summed E-state index contributed by atoms with van der Waals surface area (Å²) in [5.41, 5.74) is 1.17. The SMILES string of the molecule is O=S(=O)(O)CC1CC(CCOCc2ccccc2)C1. The van der Waals surface area contributed by atoms with Gasteiger partial charge in [0.05, 0.1) is 12.4 Å². The zero-order valence-corrected chi connectivity index (χ0v) is 11.7. The Kier molecular flexibility index (Phi) is 4.96. The lowest BCUT2D eigenvalue weighted by atomic mass is 9.74. The van der Waals surface area contributed by atoms with Crippen molar-refractivity contribution in [1.29, 1.82) is 0 Å². The number of benzene rings is 1. The van der Waals surface area contributed by atoms with Gasteiger partial charge in [0.2, 0.25) is 0 Å². The zero-order chi connectivity index (χ0) is 13.7. The van der Waals surface area contributed by atoms with Crippen LogP contribution in [0.15, 0.2) is 30.3 Å². The van der Waals surface area contributed by atoms with Gasteiger partial charge >= 0.3 is 0 Å². The molecule has 0 aliphatic heterocycles. The Morgan fingerprint density at radius 1 is 1.16 bits per heavy atom. The molecule has 0 radical (unpaired) electrons. The van der Waals surface area contributed by atoms with E-state index < -0.39 is 10.1 Å². The fourth-order valence-electron chi connectivity index (χ4n) is 2.56. The Morgan fingerprint density at radius 2 is 1.84 bits per heavy atom. The van der Waals surface area contributed by atoms with Gasteiger partial charge in [-0.2, -0.15) is 8.42 Å². The number of ether oxygens (including phenoxy) is 1. The highest BCUT2D eigenvalue weighted by molar-refractivity contribution is 7.85. The first-order valence-corrected chi connectivity index (χ1v) is 8.20. The standard InChI is InChI=1S/C14H20O4S/c15-19(16,17)11-14-8-13(9-14)6-7-18-10-12-4-2-1-3-5-12/h1-5,13-14H,6-11H2,(H,15,16,17). The molecule has 0 unspecified atom stereocenters. The van der Waals surface area contributed by atoms with E-state index in [9.17, 15) is 8.42 Å². The molecule has 19 heavy (non-hydrogen) atoms. The minimum atomic E-state index is -3.80. The molecule has 1 aromatic rings. The van der Waals surface area contributed by atoms with Crippen molar-refractivity contribution < 1.29 is 17.7 Å². The largest absolute Gasteiger partial charge is 0.377 e. The Hall–Kier alpha value is -0.910. The summed E-state index contributed by atoms with van der Waals surface area (Å²) in [5.74, 6) is 0.589. The van der Waals surface area contributed by atoms with Gasteiger partial charge in [-0.3, -0.25) is 4.55 Å². The third kappa shape index (κ3) is 5.30. The van der Waals surface area contributed by atoms with Crippen molar-refractivity contribution in [2.45, 2.75) is 25.9 Å². The molecular formula is C14H20O4S. The highest BCUT2D eigenvalue weighted by Crippen LogP contribution is 2.36. The molecular weight excluding hydrogens is 264 g/mol. The van der Waals surface area contributed by atoms with E-state index in [2.05, 4.69) is 0 Å². The maximum Gasteiger partial charge on any atom is 0.265 e. The lowest BCUT2D eigenvalue weighted by molar-refractivity contribution is 0.0823. The topological polar surface area (TPSA) is 63.6 Å². The van der Waals surface area contributed by atoms with E-state index in [1.807, 2.05) is 30.3 Å². The second kappa shape index (κ2) is 6.50. The zero-order valence-electron chi connectivity index (χ0n) is 10.9. The quantitative estimate of drug-likeness (QED) is 0.617. The van der Waals surface area contributed by atoms with Crippen LogP contribution >= 0.6 is 0 Å². The summed E-state index contributed by atoms with van der Waals surface area (Å²) in [6.45, 7) is 1.33. The summed E-state index contributed by atoms with van der Waals surface area (Å²) in [7, 11) is -3.80. The van der Waals surface area contributed by atoms with Crippen molar-refractivity contribution in [3.63, 3.8) is 0 Å². The van der Waals surface area contributed by atoms with Gasteiger partial charge < -0.3 is 4.74 Å². The van der Waals surface area contributed by atoms with E-state index >= 15 is 0 Å². The summed E-state index contributed by atoms with van der Waals surface area (Å²) in [4.78, 5) is 0. The van der Waals surface area contributed by atoms with Crippen LogP contribution in [0, 0.1) is 11.8 Å². The summed E-state index contributed by atoms with van der Waals surface area (Å²) in [6.07, 6.45) is 2.73. The van der Waals surface area contributed by atoms with Crippen molar-refractivity contribution in [2.24, 2.45) is 11.8 Å². The lowest BCUT2D eigenvalue weighted by Crippen LogP contribution is -2.30. The van der Waals surface area contributed by atoms with E-state index in [0.29, 0.717) is 19.1 Å². The third-order valence-electron chi connectivity index (χ3n) is 3.56. The van der Waals surface area contributed by atoms with Crippen LogP contribution in [0.1, 0.15) is 24.8 Å². The molecule has 0 bridgehead atoms. The average molecular weight is 284 g/mol. The minimum absolute atomic E-state index is 0.0889. The average Bonchev–Trinajstić information content (AvgIpc) is 2.30. The van der Waals surface area contributed by atoms with E-state index in [1.165, 1.54) is 5.56 Å².